The van der Waals surface area contributed by atoms with Crippen molar-refractivity contribution in [2.24, 2.45) is 17.6 Å². The number of rotatable bonds is 4. The van der Waals surface area contributed by atoms with Crippen molar-refractivity contribution in [1.29, 1.82) is 0 Å². The van der Waals surface area contributed by atoms with Gasteiger partial charge in [-0.2, -0.15) is 0 Å². The summed E-state index contributed by atoms with van der Waals surface area (Å²) in [5.74, 6) is 0.580. The van der Waals surface area contributed by atoms with Crippen LogP contribution in [0.15, 0.2) is 5.38 Å². The third-order valence-corrected chi connectivity index (χ3v) is 5.06. The van der Waals surface area contributed by atoms with E-state index in [9.17, 15) is 4.79 Å². The topological polar surface area (TPSA) is 68.0 Å². The lowest BCUT2D eigenvalue weighted by atomic mass is 9.78. The summed E-state index contributed by atoms with van der Waals surface area (Å²) in [6.45, 7) is 4.58. The van der Waals surface area contributed by atoms with Gasteiger partial charge in [0.2, 0.25) is 5.91 Å². The average molecular weight is 281 g/mol. The lowest BCUT2D eigenvalue weighted by molar-refractivity contribution is -0.128. The highest BCUT2D eigenvalue weighted by Crippen LogP contribution is 2.30. The zero-order valence-corrected chi connectivity index (χ0v) is 12.5. The molecule has 1 aliphatic carbocycles. The zero-order valence-electron chi connectivity index (χ0n) is 11.7. The Kier molecular flexibility index (Phi) is 4.93. The molecule has 3 N–H and O–H groups in total. The number of amides is 1. The van der Waals surface area contributed by atoms with E-state index in [0.29, 0.717) is 12.5 Å². The van der Waals surface area contributed by atoms with Crippen LogP contribution in [0.2, 0.25) is 0 Å². The van der Waals surface area contributed by atoms with E-state index in [1.807, 2.05) is 19.2 Å². The van der Waals surface area contributed by atoms with Gasteiger partial charge in [-0.1, -0.05) is 12.8 Å². The van der Waals surface area contributed by atoms with Crippen LogP contribution in [-0.4, -0.2) is 17.4 Å². The minimum absolute atomic E-state index is 0.00782. The number of carbonyl (C=O) groups excluding carboxylic acids is 1. The summed E-state index contributed by atoms with van der Waals surface area (Å²) in [4.78, 5) is 16.8. The molecule has 4 nitrogen and oxygen atoms in total. The van der Waals surface area contributed by atoms with Gasteiger partial charge in [-0.25, -0.2) is 4.98 Å². The Morgan fingerprint density at radius 3 is 2.95 bits per heavy atom. The molecule has 1 saturated carbocycles. The quantitative estimate of drug-likeness (QED) is 0.890. The Labute approximate surface area is 118 Å². The molecule has 0 aliphatic heterocycles. The Bertz CT molecular complexity index is 432. The van der Waals surface area contributed by atoms with Crippen molar-refractivity contribution >= 4 is 17.2 Å². The standard InChI is InChI=1S/C14H23N3OS/c1-9-8-19-14(16-9)10(2)17-13(18)12-6-4-3-5-11(12)7-15/h8,10-12H,3-7,15H2,1-2H3,(H,17,18). The van der Waals surface area contributed by atoms with Gasteiger partial charge in [0.1, 0.15) is 5.01 Å². The van der Waals surface area contributed by atoms with Gasteiger partial charge >= 0.3 is 0 Å². The van der Waals surface area contributed by atoms with Crippen LogP contribution in [0.4, 0.5) is 0 Å². The van der Waals surface area contributed by atoms with E-state index in [1.54, 1.807) is 11.3 Å². The van der Waals surface area contributed by atoms with E-state index in [0.717, 1.165) is 30.0 Å². The first kappa shape index (κ1) is 14.5. The third kappa shape index (κ3) is 3.54. The number of nitrogens with zero attached hydrogens (tertiary/aromatic N) is 1. The number of carbonyl (C=O) groups is 1. The minimum Gasteiger partial charge on any atom is -0.347 e. The highest BCUT2D eigenvalue weighted by Gasteiger charge is 2.30. The number of nitrogens with one attached hydrogen (secondary N) is 1. The van der Waals surface area contributed by atoms with Gasteiger partial charge in [-0.3, -0.25) is 4.79 Å². The van der Waals surface area contributed by atoms with Crippen LogP contribution in [0.1, 0.15) is 49.4 Å². The number of aryl methyl sites for hydroxylation is 1. The van der Waals surface area contributed by atoms with Crippen LogP contribution in [0.25, 0.3) is 0 Å². The molecule has 1 aromatic heterocycles. The summed E-state index contributed by atoms with van der Waals surface area (Å²) in [5.41, 5.74) is 6.80. The van der Waals surface area contributed by atoms with Gasteiger partial charge < -0.3 is 11.1 Å². The zero-order chi connectivity index (χ0) is 13.8. The number of hydrogen-bond acceptors (Lipinski definition) is 4. The molecule has 1 amide bonds. The fourth-order valence-corrected chi connectivity index (χ4v) is 3.59. The van der Waals surface area contributed by atoms with Crippen molar-refractivity contribution in [3.63, 3.8) is 0 Å². The fraction of sp³-hybridized carbons (Fsp3) is 0.714. The van der Waals surface area contributed by atoms with Gasteiger partial charge in [-0.15, -0.1) is 11.3 Å². The Hall–Kier alpha value is -0.940. The molecular weight excluding hydrogens is 258 g/mol. The van der Waals surface area contributed by atoms with E-state index in [4.69, 9.17) is 5.73 Å². The maximum absolute atomic E-state index is 12.4. The first-order valence-corrected chi connectivity index (χ1v) is 7.92. The highest BCUT2D eigenvalue weighted by molar-refractivity contribution is 7.09. The van der Waals surface area contributed by atoms with Gasteiger partial charge in [0.25, 0.3) is 0 Å². The molecule has 0 radical (unpaired) electrons. The second-order valence-electron chi connectivity index (χ2n) is 5.44. The first-order valence-electron chi connectivity index (χ1n) is 7.04. The maximum atomic E-state index is 12.4. The summed E-state index contributed by atoms with van der Waals surface area (Å²) in [5, 5.41) is 6.09. The number of aromatic nitrogens is 1. The highest BCUT2D eigenvalue weighted by atomic mass is 32.1. The summed E-state index contributed by atoms with van der Waals surface area (Å²) in [6.07, 6.45) is 4.39. The Morgan fingerprint density at radius 2 is 2.32 bits per heavy atom. The lowest BCUT2D eigenvalue weighted by Gasteiger charge is -2.30. The number of hydrogen-bond donors (Lipinski definition) is 2. The Morgan fingerprint density at radius 1 is 1.58 bits per heavy atom. The molecule has 1 aromatic rings. The van der Waals surface area contributed by atoms with Gasteiger partial charge in [0.05, 0.1) is 6.04 Å². The molecule has 0 bridgehead atoms. The first-order chi connectivity index (χ1) is 9.11. The summed E-state index contributed by atoms with van der Waals surface area (Å²) in [6, 6.07) is -0.00782. The average Bonchev–Trinajstić information content (AvgIpc) is 2.85. The molecule has 1 fully saturated rings. The Balaban J connectivity index is 1.96. The summed E-state index contributed by atoms with van der Waals surface area (Å²) < 4.78 is 0. The minimum atomic E-state index is -0.00782. The van der Waals surface area contributed by atoms with Crippen molar-refractivity contribution in [2.45, 2.75) is 45.6 Å². The summed E-state index contributed by atoms with van der Waals surface area (Å²) >= 11 is 1.60. The molecule has 3 unspecified atom stereocenters. The van der Waals surface area contributed by atoms with Crippen molar-refractivity contribution < 1.29 is 4.79 Å². The molecule has 3 atom stereocenters. The molecular formula is C14H23N3OS. The number of nitrogens with two attached hydrogens (primary N) is 1. The van der Waals surface area contributed by atoms with E-state index >= 15 is 0 Å². The van der Waals surface area contributed by atoms with Crippen molar-refractivity contribution in [2.75, 3.05) is 6.54 Å². The fourth-order valence-electron chi connectivity index (χ4n) is 2.79. The molecule has 0 spiro atoms. The molecule has 19 heavy (non-hydrogen) atoms. The van der Waals surface area contributed by atoms with E-state index in [2.05, 4.69) is 10.3 Å². The van der Waals surface area contributed by atoms with Crippen molar-refractivity contribution in [3.8, 4) is 0 Å². The van der Waals surface area contributed by atoms with E-state index in [1.165, 1.54) is 6.42 Å². The molecule has 5 heteroatoms. The second-order valence-corrected chi connectivity index (χ2v) is 6.33. The van der Waals surface area contributed by atoms with Crippen LogP contribution in [-0.2, 0) is 4.79 Å². The van der Waals surface area contributed by atoms with Crippen molar-refractivity contribution in [3.05, 3.63) is 16.1 Å². The molecule has 1 heterocycles. The molecule has 106 valence electrons. The van der Waals surface area contributed by atoms with Crippen LogP contribution >= 0.6 is 11.3 Å². The van der Waals surface area contributed by atoms with E-state index in [-0.39, 0.29) is 17.9 Å². The SMILES string of the molecule is Cc1csc(C(C)NC(=O)C2CCCCC2CN)n1. The normalized spacial score (nSPS) is 25.0. The smallest absolute Gasteiger partial charge is 0.223 e. The second kappa shape index (κ2) is 6.48. The maximum Gasteiger partial charge on any atom is 0.223 e. The lowest BCUT2D eigenvalue weighted by Crippen LogP contribution is -2.40. The van der Waals surface area contributed by atoms with Gasteiger partial charge in [0.15, 0.2) is 0 Å². The van der Waals surface area contributed by atoms with Crippen LogP contribution < -0.4 is 11.1 Å². The molecule has 1 aliphatic rings. The molecule has 0 aromatic carbocycles. The van der Waals surface area contributed by atoms with Crippen molar-refractivity contribution in [1.82, 2.24) is 10.3 Å². The van der Waals surface area contributed by atoms with Crippen LogP contribution in [0, 0.1) is 18.8 Å². The molecule has 2 rings (SSSR count). The predicted molar refractivity (Wildman–Crippen MR) is 77.9 cm³/mol. The van der Waals surface area contributed by atoms with E-state index < -0.39 is 0 Å². The predicted octanol–water partition coefficient (Wildman–Crippen LogP) is 2.39. The van der Waals surface area contributed by atoms with Crippen LogP contribution in [0.3, 0.4) is 0 Å². The van der Waals surface area contributed by atoms with Gasteiger partial charge in [0, 0.05) is 17.0 Å². The van der Waals surface area contributed by atoms with Crippen LogP contribution in [0.5, 0.6) is 0 Å². The number of thiazole rings is 1. The van der Waals surface area contributed by atoms with Gasteiger partial charge in [-0.05, 0) is 39.2 Å². The largest absolute Gasteiger partial charge is 0.347 e. The monoisotopic (exact) mass is 281 g/mol. The molecule has 0 saturated heterocycles. The summed E-state index contributed by atoms with van der Waals surface area (Å²) in [7, 11) is 0. The third-order valence-electron chi connectivity index (χ3n) is 3.91.